The number of nitrogens with zero attached hydrogens (tertiary/aromatic N) is 5. The number of aryl methyl sites for hydroxylation is 4. The molecule has 28 nitrogen and oxygen atoms in total. The molecule has 446 valence electrons. The fraction of sp³-hybridized carbons (Fsp3) is 0.510. The maximum absolute atomic E-state index is 13.6. The number of nitrogens with one attached hydrogen (secondary N) is 4. The molecule has 3 aromatic rings. The molecule has 1 aliphatic rings. The Hall–Kier alpha value is -7.19. The normalized spacial score (nSPS) is 15.2. The maximum Gasteiger partial charge on any atom is 0.323 e. The monoisotopic (exact) mass is 1180 g/mol. The Labute approximate surface area is 469 Å². The van der Waals surface area contributed by atoms with E-state index < -0.39 is 112 Å². The van der Waals surface area contributed by atoms with Crippen molar-refractivity contribution in [3.8, 4) is 5.75 Å². The number of ether oxygens (including phenoxy) is 1. The number of carbonyl (C=O) groups is 8. The second-order valence-corrected chi connectivity index (χ2v) is 22.5. The van der Waals surface area contributed by atoms with Gasteiger partial charge in [0.2, 0.25) is 21.8 Å². The van der Waals surface area contributed by atoms with Gasteiger partial charge in [0, 0.05) is 89.5 Å². The molecule has 3 amide bonds. The van der Waals surface area contributed by atoms with Gasteiger partial charge in [-0.05, 0) is 92.6 Å². The number of anilines is 1. The van der Waals surface area contributed by atoms with Crippen LogP contribution in [0, 0.1) is 13.8 Å². The molecule has 0 radical (unpaired) electrons. The van der Waals surface area contributed by atoms with Gasteiger partial charge in [-0.1, -0.05) is 18.2 Å². The van der Waals surface area contributed by atoms with Crippen molar-refractivity contribution in [2.75, 3.05) is 110 Å². The molecule has 1 aromatic heterocycles. The quantitative estimate of drug-likeness (QED) is 0.0264. The van der Waals surface area contributed by atoms with E-state index in [1.807, 2.05) is 12.1 Å². The van der Waals surface area contributed by atoms with E-state index in [0.29, 0.717) is 18.7 Å². The van der Waals surface area contributed by atoms with Gasteiger partial charge >= 0.3 is 23.9 Å². The maximum atomic E-state index is 13.6. The lowest BCUT2D eigenvalue weighted by Gasteiger charge is -2.33. The molecule has 2 atom stereocenters. The van der Waals surface area contributed by atoms with Gasteiger partial charge in [0.05, 0.1) is 37.7 Å². The molecule has 4 rings (SSSR count). The number of ketones is 1. The topological polar surface area (TPSA) is 415 Å². The summed E-state index contributed by atoms with van der Waals surface area (Å²) >= 11 is 0. The standard InChI is InChI=1S/C51H72N10O18S2/c1-34-26-39(27-35(2)49(34)81(77,78)57-40(51(72)73)28-54-50(71)37-13-10-36(11-14-37)12-15-38-6-3-8-43(52)55-38)79-25-5-9-44(63)53-16-4-7-42(62)41(33-80(74,75)76)56-45(64)29-58-17-19-59(30-46(65)66)21-23-61(32-48(69)70)24-22-60(20-18-58)31-47(67)68/h3,6,8,10-11,13-14,26-27,40-41,57H,4-5,7,9,12,15-25,28-33H2,1-2H3,(H2,52,55)(H,53,63)(H,54,71)(H,56,64)(H,65,66)(H,67,68)(H,69,70)(H,72,73)(H,74,75,76)/t40?,41-/m0/s1. The first kappa shape index (κ1) is 66.3. The van der Waals surface area contributed by atoms with Crippen molar-refractivity contribution in [2.45, 2.75) is 69.4 Å². The largest absolute Gasteiger partial charge is 0.494 e. The van der Waals surface area contributed by atoms with Gasteiger partial charge in [0.25, 0.3) is 16.0 Å². The number of aromatic nitrogens is 1. The van der Waals surface area contributed by atoms with Crippen LogP contribution in [0.5, 0.6) is 5.75 Å². The number of carbonyl (C=O) groups excluding carboxylic acids is 4. The first-order valence-corrected chi connectivity index (χ1v) is 28.9. The molecule has 2 aromatic carbocycles. The number of pyridine rings is 1. The third kappa shape index (κ3) is 25.0. The summed E-state index contributed by atoms with van der Waals surface area (Å²) in [6.07, 6.45) is 1.10. The SMILES string of the molecule is Cc1cc(OCCCC(=O)NCCCC(=O)[C@H](CS(=O)(=O)O)NC(=O)CN2CCN(CC(=O)O)CCN(CC(=O)O)CCN(CC(=O)O)CC2)cc(C)c1S(=O)(=O)NC(CNC(=O)c1ccc(CCc2cccc(N)n2)cc1)C(=O)O. The van der Waals surface area contributed by atoms with Gasteiger partial charge in [-0.15, -0.1) is 0 Å². The molecule has 0 saturated carbocycles. The zero-order valence-electron chi connectivity index (χ0n) is 45.1. The molecule has 81 heavy (non-hydrogen) atoms. The highest BCUT2D eigenvalue weighted by molar-refractivity contribution is 7.89. The summed E-state index contributed by atoms with van der Waals surface area (Å²) in [7, 11) is -9.26. The number of amides is 3. The average Bonchev–Trinajstić information content (AvgIpc) is 3.41. The lowest BCUT2D eigenvalue weighted by Crippen LogP contribution is -2.52. The summed E-state index contributed by atoms with van der Waals surface area (Å²) in [6.45, 7) is 1.64. The lowest BCUT2D eigenvalue weighted by atomic mass is 10.1. The van der Waals surface area contributed by atoms with Crippen LogP contribution in [0.1, 0.15) is 58.4 Å². The van der Waals surface area contributed by atoms with Crippen LogP contribution in [0.4, 0.5) is 5.82 Å². The van der Waals surface area contributed by atoms with Gasteiger partial charge in [-0.3, -0.25) is 62.5 Å². The van der Waals surface area contributed by atoms with E-state index in [2.05, 4.69) is 25.7 Å². The number of benzene rings is 2. The van der Waals surface area contributed by atoms with E-state index in [9.17, 15) is 80.2 Å². The Morgan fingerprint density at radius 1 is 0.667 bits per heavy atom. The molecule has 1 unspecified atom stereocenters. The highest BCUT2D eigenvalue weighted by Crippen LogP contribution is 2.26. The van der Waals surface area contributed by atoms with Crippen LogP contribution in [-0.4, -0.2) is 230 Å². The van der Waals surface area contributed by atoms with E-state index >= 15 is 0 Å². The minimum absolute atomic E-state index is 0.0125. The lowest BCUT2D eigenvalue weighted by molar-refractivity contribution is -0.140. The number of aliphatic carboxylic acids is 4. The van der Waals surface area contributed by atoms with Gasteiger partial charge < -0.3 is 46.8 Å². The van der Waals surface area contributed by atoms with E-state index in [1.54, 1.807) is 40.1 Å². The van der Waals surface area contributed by atoms with Crippen molar-refractivity contribution in [3.63, 3.8) is 0 Å². The molecule has 0 aliphatic carbocycles. The molecule has 30 heteroatoms. The molecule has 0 bridgehead atoms. The number of carboxylic acids is 4. The van der Waals surface area contributed by atoms with Crippen LogP contribution in [0.25, 0.3) is 0 Å². The summed E-state index contributed by atoms with van der Waals surface area (Å²) in [5, 5.41) is 45.7. The number of Topliss-reactive ketones (excluding diaryl/α,β-unsaturated/α-hetero) is 1. The van der Waals surface area contributed by atoms with Crippen molar-refractivity contribution in [3.05, 3.63) is 82.5 Å². The third-order valence-electron chi connectivity index (χ3n) is 12.7. The van der Waals surface area contributed by atoms with Gasteiger partial charge in [-0.2, -0.15) is 13.1 Å². The number of nitrogen functional groups attached to an aromatic ring is 1. The van der Waals surface area contributed by atoms with Crippen LogP contribution in [0.3, 0.4) is 0 Å². The van der Waals surface area contributed by atoms with E-state index in [4.69, 9.17) is 10.5 Å². The van der Waals surface area contributed by atoms with Crippen molar-refractivity contribution in [2.24, 2.45) is 0 Å². The smallest absolute Gasteiger partial charge is 0.323 e. The van der Waals surface area contributed by atoms with Crippen LogP contribution in [0.2, 0.25) is 0 Å². The van der Waals surface area contributed by atoms with E-state index in [-0.39, 0.29) is 125 Å². The fourth-order valence-corrected chi connectivity index (χ4v) is 11.0. The summed E-state index contributed by atoms with van der Waals surface area (Å²) in [5.41, 5.74) is 8.16. The first-order chi connectivity index (χ1) is 38.2. The minimum atomic E-state index is -4.80. The Morgan fingerprint density at radius 2 is 1.20 bits per heavy atom. The molecular formula is C51H72N10O18S2. The fourth-order valence-electron chi connectivity index (χ4n) is 8.70. The molecule has 1 saturated heterocycles. The van der Waals surface area contributed by atoms with Gasteiger partial charge in [0.15, 0.2) is 5.78 Å². The summed E-state index contributed by atoms with van der Waals surface area (Å²) in [6, 6.07) is 11.4. The zero-order valence-corrected chi connectivity index (χ0v) is 46.7. The van der Waals surface area contributed by atoms with Crippen LogP contribution < -0.4 is 31.1 Å². The zero-order chi connectivity index (χ0) is 59.9. The number of hydrogen-bond acceptors (Lipinski definition) is 19. The van der Waals surface area contributed by atoms with E-state index in [1.165, 1.54) is 35.8 Å². The summed E-state index contributed by atoms with van der Waals surface area (Å²) in [4.78, 5) is 109. The number of rotatable bonds is 31. The Morgan fingerprint density at radius 3 is 1.69 bits per heavy atom. The number of nitrogens with two attached hydrogens (primary N) is 1. The minimum Gasteiger partial charge on any atom is -0.494 e. The van der Waals surface area contributed by atoms with Gasteiger partial charge in [-0.25, -0.2) is 13.4 Å². The van der Waals surface area contributed by atoms with Crippen LogP contribution >= 0.6 is 0 Å². The van der Waals surface area contributed by atoms with Crippen molar-refractivity contribution in [1.82, 2.24) is 45.3 Å². The number of sulfonamides is 1. The molecule has 1 fully saturated rings. The molecular weight excluding hydrogens is 1100 g/mol. The van der Waals surface area contributed by atoms with Gasteiger partial charge in [0.1, 0.15) is 29.4 Å². The molecule has 2 heterocycles. The predicted octanol–water partition coefficient (Wildman–Crippen LogP) is -1.30. The Balaban J connectivity index is 1.23. The molecule has 0 spiro atoms. The summed E-state index contributed by atoms with van der Waals surface area (Å²) < 4.78 is 68.6. The van der Waals surface area contributed by atoms with Crippen LogP contribution in [0.15, 0.2) is 59.5 Å². The Bertz CT molecular complexity index is 2860. The highest BCUT2D eigenvalue weighted by Gasteiger charge is 2.30. The van der Waals surface area contributed by atoms with Crippen molar-refractivity contribution < 1.29 is 84.9 Å². The first-order valence-electron chi connectivity index (χ1n) is 25.8. The molecule has 11 N–H and O–H groups in total. The average molecular weight is 1180 g/mol. The third-order valence-corrected chi connectivity index (χ3v) is 15.2. The molecule has 1 aliphatic heterocycles. The number of hydrogen-bond donors (Lipinski definition) is 10. The van der Waals surface area contributed by atoms with E-state index in [0.717, 1.165) is 11.3 Å². The van der Waals surface area contributed by atoms with Crippen molar-refractivity contribution >= 4 is 73.3 Å². The number of carboxylic acid groups (broad SMARTS) is 4. The van der Waals surface area contributed by atoms with Crippen LogP contribution in [-0.2, 0) is 66.5 Å². The predicted molar refractivity (Wildman–Crippen MR) is 291 cm³/mol. The van der Waals surface area contributed by atoms with Crippen molar-refractivity contribution in [1.29, 1.82) is 0 Å². The second kappa shape index (κ2) is 32.3. The second-order valence-electron chi connectivity index (χ2n) is 19.4. The Kier molecular flexibility index (Phi) is 26.4. The summed E-state index contributed by atoms with van der Waals surface area (Å²) in [5.74, 6) is -8.07. The highest BCUT2D eigenvalue weighted by atomic mass is 32.2.